The van der Waals surface area contributed by atoms with Crippen molar-refractivity contribution in [3.05, 3.63) is 5.01 Å². The monoisotopic (exact) mass is 269 g/mol. The van der Waals surface area contributed by atoms with Crippen molar-refractivity contribution in [2.45, 2.75) is 26.7 Å². The summed E-state index contributed by atoms with van der Waals surface area (Å²) in [4.78, 5) is 22.3. The Morgan fingerprint density at radius 3 is 2.72 bits per heavy atom. The SMILES string of the molecule is CC(C)Cc1nnc(NC(=O)[C@@H]2C[C@@H]2C(=O)O)s1. The number of carboxylic acids is 1. The van der Waals surface area contributed by atoms with Crippen LogP contribution in [0, 0.1) is 17.8 Å². The second-order valence-corrected chi connectivity index (χ2v) is 5.94. The van der Waals surface area contributed by atoms with Gasteiger partial charge >= 0.3 is 5.97 Å². The first kappa shape index (κ1) is 12.9. The minimum Gasteiger partial charge on any atom is -0.481 e. The normalized spacial score (nSPS) is 21.9. The number of carboxylic acid groups (broad SMARTS) is 1. The summed E-state index contributed by atoms with van der Waals surface area (Å²) in [7, 11) is 0. The average molecular weight is 269 g/mol. The van der Waals surface area contributed by atoms with Crippen molar-refractivity contribution < 1.29 is 14.7 Å². The summed E-state index contributed by atoms with van der Waals surface area (Å²) in [5.74, 6) is -1.64. The lowest BCUT2D eigenvalue weighted by Gasteiger charge is -1.99. The smallest absolute Gasteiger partial charge is 0.307 e. The van der Waals surface area contributed by atoms with Gasteiger partial charge in [-0.2, -0.15) is 0 Å². The van der Waals surface area contributed by atoms with Crippen LogP contribution in [0.2, 0.25) is 0 Å². The molecule has 0 unspecified atom stereocenters. The molecule has 2 atom stereocenters. The first-order valence-electron chi connectivity index (χ1n) is 5.83. The third-order valence-electron chi connectivity index (χ3n) is 2.72. The van der Waals surface area contributed by atoms with Gasteiger partial charge in [-0.25, -0.2) is 0 Å². The molecule has 98 valence electrons. The largest absolute Gasteiger partial charge is 0.481 e. The zero-order valence-corrected chi connectivity index (χ0v) is 11.0. The van der Waals surface area contributed by atoms with E-state index in [2.05, 4.69) is 29.4 Å². The van der Waals surface area contributed by atoms with Crippen molar-refractivity contribution >= 4 is 28.3 Å². The van der Waals surface area contributed by atoms with E-state index in [1.54, 1.807) is 0 Å². The van der Waals surface area contributed by atoms with Crippen LogP contribution in [-0.4, -0.2) is 27.2 Å². The van der Waals surface area contributed by atoms with Gasteiger partial charge in [-0.3, -0.25) is 9.59 Å². The lowest BCUT2D eigenvalue weighted by atomic mass is 10.1. The predicted molar refractivity (Wildman–Crippen MR) is 66.3 cm³/mol. The summed E-state index contributed by atoms with van der Waals surface area (Å²) in [5.41, 5.74) is 0. The first-order chi connectivity index (χ1) is 8.47. The fraction of sp³-hybridized carbons (Fsp3) is 0.636. The molecule has 2 N–H and O–H groups in total. The summed E-state index contributed by atoms with van der Waals surface area (Å²) in [5, 5.41) is 20.6. The molecule has 1 aliphatic carbocycles. The molecule has 1 fully saturated rings. The Hall–Kier alpha value is -1.50. The van der Waals surface area contributed by atoms with Crippen molar-refractivity contribution in [1.29, 1.82) is 0 Å². The second kappa shape index (κ2) is 5.01. The Labute approximate surface area is 108 Å². The number of carbonyl (C=O) groups excluding carboxylic acids is 1. The van der Waals surface area contributed by atoms with Gasteiger partial charge in [0.2, 0.25) is 11.0 Å². The molecule has 0 saturated heterocycles. The topological polar surface area (TPSA) is 92.2 Å². The number of hydrogen-bond donors (Lipinski definition) is 2. The molecular formula is C11H15N3O3S. The van der Waals surface area contributed by atoms with Crippen LogP contribution in [0.4, 0.5) is 5.13 Å². The van der Waals surface area contributed by atoms with Crippen LogP contribution in [-0.2, 0) is 16.0 Å². The van der Waals surface area contributed by atoms with Gasteiger partial charge in [0.25, 0.3) is 0 Å². The summed E-state index contributed by atoms with van der Waals surface area (Å²) < 4.78 is 0. The maximum Gasteiger partial charge on any atom is 0.307 e. The molecule has 0 bridgehead atoms. The first-order valence-corrected chi connectivity index (χ1v) is 6.65. The molecule has 1 saturated carbocycles. The highest BCUT2D eigenvalue weighted by atomic mass is 32.1. The van der Waals surface area contributed by atoms with Gasteiger partial charge in [0, 0.05) is 6.42 Å². The molecule has 1 amide bonds. The number of anilines is 1. The fourth-order valence-electron chi connectivity index (χ4n) is 1.69. The number of nitrogens with one attached hydrogen (secondary N) is 1. The van der Waals surface area contributed by atoms with E-state index < -0.39 is 17.8 Å². The molecule has 1 aliphatic rings. The fourth-order valence-corrected chi connectivity index (χ4v) is 2.65. The van der Waals surface area contributed by atoms with Crippen LogP contribution >= 0.6 is 11.3 Å². The Kier molecular flexibility index (Phi) is 3.60. The van der Waals surface area contributed by atoms with Gasteiger partial charge in [0.15, 0.2) is 0 Å². The maximum atomic E-state index is 11.7. The number of hydrogen-bond acceptors (Lipinski definition) is 5. The van der Waals surface area contributed by atoms with Crippen LogP contribution in [0.15, 0.2) is 0 Å². The summed E-state index contributed by atoms with van der Waals surface area (Å²) in [6.45, 7) is 4.17. The van der Waals surface area contributed by atoms with E-state index in [9.17, 15) is 9.59 Å². The highest BCUT2D eigenvalue weighted by Gasteiger charge is 2.48. The molecule has 2 rings (SSSR count). The van der Waals surface area contributed by atoms with Crippen LogP contribution in [0.25, 0.3) is 0 Å². The second-order valence-electron chi connectivity index (χ2n) is 4.88. The zero-order chi connectivity index (χ0) is 13.3. The maximum absolute atomic E-state index is 11.7. The van der Waals surface area contributed by atoms with E-state index in [4.69, 9.17) is 5.11 Å². The van der Waals surface area contributed by atoms with Crippen LogP contribution in [0.1, 0.15) is 25.3 Å². The molecule has 0 aromatic carbocycles. The Bertz CT molecular complexity index is 472. The lowest BCUT2D eigenvalue weighted by Crippen LogP contribution is -2.16. The van der Waals surface area contributed by atoms with Crippen LogP contribution in [0.3, 0.4) is 0 Å². The molecule has 1 heterocycles. The van der Waals surface area contributed by atoms with Gasteiger partial charge < -0.3 is 10.4 Å². The molecule has 1 aromatic rings. The Morgan fingerprint density at radius 1 is 1.44 bits per heavy atom. The van der Waals surface area contributed by atoms with Crippen molar-refractivity contribution in [2.24, 2.45) is 17.8 Å². The molecule has 7 heteroatoms. The third kappa shape index (κ3) is 3.04. The highest BCUT2D eigenvalue weighted by Crippen LogP contribution is 2.39. The van der Waals surface area contributed by atoms with Gasteiger partial charge in [0.05, 0.1) is 11.8 Å². The molecule has 0 spiro atoms. The van der Waals surface area contributed by atoms with Crippen molar-refractivity contribution in [1.82, 2.24) is 10.2 Å². The molecule has 18 heavy (non-hydrogen) atoms. The summed E-state index contributed by atoms with van der Waals surface area (Å²) >= 11 is 1.34. The molecule has 6 nitrogen and oxygen atoms in total. The third-order valence-corrected chi connectivity index (χ3v) is 3.59. The van der Waals surface area contributed by atoms with Crippen LogP contribution in [0.5, 0.6) is 0 Å². The van der Waals surface area contributed by atoms with Gasteiger partial charge in [0.1, 0.15) is 5.01 Å². The summed E-state index contributed by atoms with van der Waals surface area (Å²) in [6.07, 6.45) is 1.24. The average Bonchev–Trinajstić information content (AvgIpc) is 2.96. The lowest BCUT2D eigenvalue weighted by molar-refractivity contribution is -0.139. The number of carbonyl (C=O) groups is 2. The Morgan fingerprint density at radius 2 is 2.17 bits per heavy atom. The standard InChI is InChI=1S/C11H15N3O3S/c1-5(2)3-8-13-14-11(18-8)12-9(15)6-4-7(6)10(16)17/h5-7H,3-4H2,1-2H3,(H,16,17)(H,12,14,15)/t6-,7+/m1/s1. The van der Waals surface area contributed by atoms with E-state index >= 15 is 0 Å². The van der Waals surface area contributed by atoms with E-state index in [0.29, 0.717) is 17.5 Å². The predicted octanol–water partition coefficient (Wildman–Crippen LogP) is 1.40. The van der Waals surface area contributed by atoms with E-state index in [1.165, 1.54) is 11.3 Å². The number of amides is 1. The van der Waals surface area contributed by atoms with Crippen LogP contribution < -0.4 is 5.32 Å². The van der Waals surface area contributed by atoms with E-state index in [1.807, 2.05) is 0 Å². The Balaban J connectivity index is 1.88. The molecule has 1 aromatic heterocycles. The van der Waals surface area contributed by atoms with Gasteiger partial charge in [-0.05, 0) is 12.3 Å². The number of aromatic nitrogens is 2. The molecular weight excluding hydrogens is 254 g/mol. The number of aliphatic carboxylic acids is 1. The van der Waals surface area contributed by atoms with Crippen molar-refractivity contribution in [2.75, 3.05) is 5.32 Å². The highest BCUT2D eigenvalue weighted by molar-refractivity contribution is 7.15. The summed E-state index contributed by atoms with van der Waals surface area (Å²) in [6, 6.07) is 0. The molecule has 0 aliphatic heterocycles. The number of rotatable bonds is 5. The minimum absolute atomic E-state index is 0.269. The molecule has 0 radical (unpaired) electrons. The quantitative estimate of drug-likeness (QED) is 0.842. The van der Waals surface area contributed by atoms with E-state index in [-0.39, 0.29) is 5.91 Å². The number of nitrogens with zero attached hydrogens (tertiary/aromatic N) is 2. The van der Waals surface area contributed by atoms with Crippen molar-refractivity contribution in [3.63, 3.8) is 0 Å². The van der Waals surface area contributed by atoms with Gasteiger partial charge in [-0.1, -0.05) is 25.2 Å². The van der Waals surface area contributed by atoms with E-state index in [0.717, 1.165) is 11.4 Å². The minimum atomic E-state index is -0.909. The van der Waals surface area contributed by atoms with Crippen molar-refractivity contribution in [3.8, 4) is 0 Å². The van der Waals surface area contributed by atoms with Gasteiger partial charge in [-0.15, -0.1) is 10.2 Å². The zero-order valence-electron chi connectivity index (χ0n) is 10.2.